The van der Waals surface area contributed by atoms with E-state index in [1.54, 1.807) is 12.1 Å². The van der Waals surface area contributed by atoms with Crippen LogP contribution in [0.4, 0.5) is 5.69 Å². The summed E-state index contributed by atoms with van der Waals surface area (Å²) < 4.78 is 0. The third-order valence-corrected chi connectivity index (χ3v) is 4.02. The second-order valence-corrected chi connectivity index (χ2v) is 5.82. The Morgan fingerprint density at radius 1 is 1.29 bits per heavy atom. The molecule has 0 N–H and O–H groups in total. The van der Waals surface area contributed by atoms with Gasteiger partial charge in [-0.2, -0.15) is 5.26 Å². The van der Waals surface area contributed by atoms with Gasteiger partial charge in [0.25, 0.3) is 5.69 Å². The molecule has 6 nitrogen and oxygen atoms in total. The van der Waals surface area contributed by atoms with E-state index < -0.39 is 5.54 Å². The maximum absolute atomic E-state index is 11.0. The zero-order valence-electron chi connectivity index (χ0n) is 12.5. The Labute approximate surface area is 124 Å². The molecule has 6 heteroatoms. The van der Waals surface area contributed by atoms with Crippen LogP contribution in [0.2, 0.25) is 0 Å². The molecule has 0 unspecified atom stereocenters. The van der Waals surface area contributed by atoms with Gasteiger partial charge in [-0.15, -0.1) is 0 Å². The van der Waals surface area contributed by atoms with Crippen molar-refractivity contribution in [1.29, 1.82) is 5.26 Å². The summed E-state index contributed by atoms with van der Waals surface area (Å²) in [5.41, 5.74) is 0.470. The van der Waals surface area contributed by atoms with Crippen LogP contribution in [-0.2, 0) is 6.54 Å². The summed E-state index contributed by atoms with van der Waals surface area (Å²) in [5.74, 6) is 0. The lowest BCUT2D eigenvalue weighted by Crippen LogP contribution is -2.53. The number of hydrogen-bond donors (Lipinski definition) is 0. The molecule has 1 aromatic rings. The van der Waals surface area contributed by atoms with Gasteiger partial charge in [-0.05, 0) is 13.8 Å². The molecule has 112 valence electrons. The Bertz CT molecular complexity index is 557. The van der Waals surface area contributed by atoms with Crippen LogP contribution < -0.4 is 0 Å². The topological polar surface area (TPSA) is 73.4 Å². The molecule has 0 amide bonds. The van der Waals surface area contributed by atoms with Crippen molar-refractivity contribution in [2.24, 2.45) is 0 Å². The molecule has 1 heterocycles. The van der Waals surface area contributed by atoms with E-state index in [2.05, 4.69) is 15.9 Å². The van der Waals surface area contributed by atoms with Crippen LogP contribution in [-0.4, -0.2) is 46.4 Å². The Balaban J connectivity index is 1.99. The highest BCUT2D eigenvalue weighted by Crippen LogP contribution is 2.21. The van der Waals surface area contributed by atoms with E-state index in [4.69, 9.17) is 5.26 Å². The molecule has 21 heavy (non-hydrogen) atoms. The zero-order valence-corrected chi connectivity index (χ0v) is 12.5. The third kappa shape index (κ3) is 3.57. The third-order valence-electron chi connectivity index (χ3n) is 4.02. The highest BCUT2D eigenvalue weighted by atomic mass is 16.6. The molecule has 1 aliphatic heterocycles. The Morgan fingerprint density at radius 3 is 2.48 bits per heavy atom. The first kappa shape index (κ1) is 15.4. The molecule has 0 saturated carbocycles. The van der Waals surface area contributed by atoms with Gasteiger partial charge < -0.3 is 0 Å². The van der Waals surface area contributed by atoms with E-state index in [0.717, 1.165) is 31.7 Å². The standard InChI is InChI=1S/C15H20N4O2/c1-15(2,12-16)18-9-7-17(8-10-18)11-13-5-3-4-6-14(13)19(20)21/h3-6H,7-11H2,1-2H3. The van der Waals surface area contributed by atoms with Crippen LogP contribution in [0.15, 0.2) is 24.3 Å². The van der Waals surface area contributed by atoms with E-state index in [0.29, 0.717) is 6.54 Å². The number of nitriles is 1. The predicted octanol–water partition coefficient (Wildman–Crippen LogP) is 2.01. The Morgan fingerprint density at radius 2 is 1.90 bits per heavy atom. The lowest BCUT2D eigenvalue weighted by molar-refractivity contribution is -0.385. The van der Waals surface area contributed by atoms with Crippen LogP contribution in [0.5, 0.6) is 0 Å². The number of nitro groups is 1. The first-order chi connectivity index (χ1) is 9.94. The molecular formula is C15H20N4O2. The Kier molecular flexibility index (Phi) is 4.56. The molecule has 0 spiro atoms. The number of piperazine rings is 1. The lowest BCUT2D eigenvalue weighted by Gasteiger charge is -2.40. The quantitative estimate of drug-likeness (QED) is 0.626. The minimum atomic E-state index is -0.454. The molecule has 1 aromatic carbocycles. The molecule has 2 rings (SSSR count). The van der Waals surface area contributed by atoms with Gasteiger partial charge in [-0.1, -0.05) is 18.2 Å². The number of benzene rings is 1. The summed E-state index contributed by atoms with van der Waals surface area (Å²) >= 11 is 0. The molecule has 0 radical (unpaired) electrons. The maximum Gasteiger partial charge on any atom is 0.273 e. The van der Waals surface area contributed by atoms with Gasteiger partial charge in [-0.25, -0.2) is 0 Å². The average Bonchev–Trinajstić information content (AvgIpc) is 2.48. The molecule has 0 aliphatic carbocycles. The first-order valence-electron chi connectivity index (χ1n) is 7.05. The van der Waals surface area contributed by atoms with E-state index in [9.17, 15) is 10.1 Å². The van der Waals surface area contributed by atoms with Crippen molar-refractivity contribution in [3.63, 3.8) is 0 Å². The summed E-state index contributed by atoms with van der Waals surface area (Å²) in [7, 11) is 0. The van der Waals surface area contributed by atoms with Gasteiger partial charge in [0.15, 0.2) is 0 Å². The second kappa shape index (κ2) is 6.20. The van der Waals surface area contributed by atoms with Crippen LogP contribution in [0.3, 0.4) is 0 Å². The summed E-state index contributed by atoms with van der Waals surface area (Å²) in [4.78, 5) is 15.1. The van der Waals surface area contributed by atoms with Gasteiger partial charge in [0.05, 0.1) is 11.0 Å². The van der Waals surface area contributed by atoms with Crippen molar-refractivity contribution in [2.45, 2.75) is 25.9 Å². The molecule has 0 atom stereocenters. The fourth-order valence-corrected chi connectivity index (χ4v) is 2.60. The fraction of sp³-hybridized carbons (Fsp3) is 0.533. The smallest absolute Gasteiger partial charge is 0.273 e. The first-order valence-corrected chi connectivity index (χ1v) is 7.05. The summed E-state index contributed by atoms with van der Waals surface area (Å²) in [6.45, 7) is 7.67. The van der Waals surface area contributed by atoms with Gasteiger partial charge in [0.1, 0.15) is 5.54 Å². The largest absolute Gasteiger partial charge is 0.296 e. The number of hydrogen-bond acceptors (Lipinski definition) is 5. The van der Waals surface area contributed by atoms with Gasteiger partial charge in [-0.3, -0.25) is 19.9 Å². The van der Waals surface area contributed by atoms with Crippen LogP contribution in [0.25, 0.3) is 0 Å². The lowest BCUT2D eigenvalue weighted by atomic mass is 10.0. The van der Waals surface area contributed by atoms with Crippen LogP contribution in [0.1, 0.15) is 19.4 Å². The number of rotatable bonds is 4. The molecule has 1 aliphatic rings. The Hall–Kier alpha value is -1.97. The van der Waals surface area contributed by atoms with E-state index in [-0.39, 0.29) is 10.6 Å². The van der Waals surface area contributed by atoms with E-state index in [1.807, 2.05) is 26.0 Å². The maximum atomic E-state index is 11.0. The summed E-state index contributed by atoms with van der Waals surface area (Å²) in [6.07, 6.45) is 0. The van der Waals surface area contributed by atoms with Crippen molar-refractivity contribution in [3.05, 3.63) is 39.9 Å². The monoisotopic (exact) mass is 288 g/mol. The van der Waals surface area contributed by atoms with Gasteiger partial charge in [0.2, 0.25) is 0 Å². The van der Waals surface area contributed by atoms with Crippen molar-refractivity contribution in [2.75, 3.05) is 26.2 Å². The minimum absolute atomic E-state index is 0.178. The average molecular weight is 288 g/mol. The highest BCUT2D eigenvalue weighted by molar-refractivity contribution is 5.39. The predicted molar refractivity (Wildman–Crippen MR) is 79.6 cm³/mol. The normalized spacial score (nSPS) is 17.4. The minimum Gasteiger partial charge on any atom is -0.296 e. The summed E-state index contributed by atoms with van der Waals surface area (Å²) in [5, 5.41) is 20.2. The molecule has 0 aromatic heterocycles. The number of nitrogens with zero attached hydrogens (tertiary/aromatic N) is 4. The van der Waals surface area contributed by atoms with Gasteiger partial charge in [0, 0.05) is 44.4 Å². The molecule has 0 bridgehead atoms. The summed E-state index contributed by atoms with van der Waals surface area (Å²) in [6, 6.07) is 9.19. The molecule has 1 fully saturated rings. The van der Waals surface area contributed by atoms with Crippen LogP contribution >= 0.6 is 0 Å². The van der Waals surface area contributed by atoms with Crippen LogP contribution in [0, 0.1) is 21.4 Å². The zero-order chi connectivity index (χ0) is 15.5. The number of nitro benzene ring substituents is 1. The molecular weight excluding hydrogens is 268 g/mol. The van der Waals surface area contributed by atoms with E-state index in [1.165, 1.54) is 0 Å². The van der Waals surface area contributed by atoms with Crippen molar-refractivity contribution >= 4 is 5.69 Å². The van der Waals surface area contributed by atoms with Gasteiger partial charge >= 0.3 is 0 Å². The van der Waals surface area contributed by atoms with Crippen molar-refractivity contribution in [3.8, 4) is 6.07 Å². The van der Waals surface area contributed by atoms with Crippen molar-refractivity contribution in [1.82, 2.24) is 9.80 Å². The van der Waals surface area contributed by atoms with E-state index >= 15 is 0 Å². The fourth-order valence-electron chi connectivity index (χ4n) is 2.60. The van der Waals surface area contributed by atoms with Crippen molar-refractivity contribution < 1.29 is 4.92 Å². The highest BCUT2D eigenvalue weighted by Gasteiger charge is 2.30. The SMILES string of the molecule is CC(C)(C#N)N1CCN(Cc2ccccc2[N+](=O)[O-])CC1. The second-order valence-electron chi connectivity index (χ2n) is 5.82. The molecule has 1 saturated heterocycles. The number of para-hydroxylation sites is 1.